The molecule has 0 saturated carbocycles. The van der Waals surface area contributed by atoms with E-state index < -0.39 is 42.8 Å². The van der Waals surface area contributed by atoms with Crippen molar-refractivity contribution in [1.82, 2.24) is 29.1 Å². The summed E-state index contributed by atoms with van der Waals surface area (Å²) in [5.41, 5.74) is -0.708. The predicted molar refractivity (Wildman–Crippen MR) is 126 cm³/mol. The van der Waals surface area contributed by atoms with Crippen LogP contribution < -0.4 is 5.69 Å². The lowest BCUT2D eigenvalue weighted by Gasteiger charge is -2.15. The molecular formula is C22H16Cl2F4N6O4. The fourth-order valence-corrected chi connectivity index (χ4v) is 3.77. The number of aliphatic hydroxyl groups excluding tert-OH is 1. The van der Waals surface area contributed by atoms with Crippen molar-refractivity contribution in [3.63, 3.8) is 0 Å². The number of halogens is 6. The predicted octanol–water partition coefficient (Wildman–Crippen LogP) is 3.50. The quantitative estimate of drug-likeness (QED) is 0.265. The van der Waals surface area contributed by atoms with Crippen molar-refractivity contribution in [2.45, 2.75) is 25.4 Å². The number of hydrogen-bond acceptors (Lipinski definition) is 7. The van der Waals surface area contributed by atoms with E-state index in [0.29, 0.717) is 9.59 Å². The van der Waals surface area contributed by atoms with E-state index in [4.69, 9.17) is 27.9 Å². The maximum atomic E-state index is 13.5. The molecule has 10 nitrogen and oxygen atoms in total. The Morgan fingerprint density at radius 3 is 2.42 bits per heavy atom. The van der Waals surface area contributed by atoms with Gasteiger partial charge in [-0.3, -0.25) is 4.57 Å². The topological polar surface area (TPSA) is 117 Å². The molecule has 2 aromatic heterocycles. The molecule has 0 fully saturated rings. The normalized spacial score (nSPS) is 12.5. The first-order valence-electron chi connectivity index (χ1n) is 10.6. The van der Waals surface area contributed by atoms with Gasteiger partial charge < -0.3 is 9.84 Å². The van der Waals surface area contributed by atoms with E-state index in [1.807, 2.05) is 0 Å². The maximum Gasteiger partial charge on any atom is 0.416 e. The lowest BCUT2D eigenvalue weighted by Crippen LogP contribution is -2.37. The molecule has 4 aromatic rings. The molecular weight excluding hydrogens is 559 g/mol. The molecule has 1 N–H and O–H groups in total. The highest BCUT2D eigenvalue weighted by Crippen LogP contribution is 2.25. The summed E-state index contributed by atoms with van der Waals surface area (Å²) in [4.78, 5) is 29.4. The van der Waals surface area contributed by atoms with Crippen LogP contribution in [0.1, 0.15) is 16.4 Å². The zero-order valence-corrected chi connectivity index (χ0v) is 20.7. The largest absolute Gasteiger partial charge is 0.463 e. The van der Waals surface area contributed by atoms with Gasteiger partial charge in [-0.05, 0) is 42.5 Å². The van der Waals surface area contributed by atoms with E-state index in [1.165, 1.54) is 30.3 Å². The Balaban J connectivity index is 1.79. The van der Waals surface area contributed by atoms with E-state index in [9.17, 15) is 32.3 Å². The monoisotopic (exact) mass is 574 g/mol. The highest BCUT2D eigenvalue weighted by Gasteiger charge is 2.39. The van der Waals surface area contributed by atoms with Crippen LogP contribution in [0.3, 0.4) is 0 Å². The first-order chi connectivity index (χ1) is 17.9. The molecule has 1 atom stereocenters. The molecule has 0 aliphatic heterocycles. The lowest BCUT2D eigenvalue weighted by atomic mass is 10.2. The van der Waals surface area contributed by atoms with E-state index in [1.54, 1.807) is 0 Å². The molecule has 16 heteroatoms. The summed E-state index contributed by atoms with van der Waals surface area (Å²) < 4.78 is 59.8. The Kier molecular flexibility index (Phi) is 7.58. The van der Waals surface area contributed by atoms with Gasteiger partial charge in [0.05, 0.1) is 24.4 Å². The molecule has 0 saturated heterocycles. The number of carbonyl (C=O) groups is 1. The number of hydrogen-bond donors (Lipinski definition) is 1. The van der Waals surface area contributed by atoms with Crippen molar-refractivity contribution in [2.24, 2.45) is 0 Å². The van der Waals surface area contributed by atoms with E-state index in [2.05, 4.69) is 15.2 Å². The van der Waals surface area contributed by atoms with E-state index in [0.717, 1.165) is 28.6 Å². The smallest absolute Gasteiger partial charge is 0.416 e. The zero-order valence-electron chi connectivity index (χ0n) is 19.2. The number of alkyl halides is 3. The van der Waals surface area contributed by atoms with Crippen LogP contribution in [0.25, 0.3) is 17.1 Å². The molecule has 38 heavy (non-hydrogen) atoms. The summed E-state index contributed by atoms with van der Waals surface area (Å²) in [6.45, 7) is -1.63. The van der Waals surface area contributed by atoms with Crippen LogP contribution in [-0.2, 0) is 17.8 Å². The molecule has 0 amide bonds. The first-order valence-corrected chi connectivity index (χ1v) is 11.3. The van der Waals surface area contributed by atoms with Crippen LogP contribution in [0, 0.1) is 5.82 Å². The van der Waals surface area contributed by atoms with E-state index >= 15 is 0 Å². The molecule has 2 heterocycles. The average molecular weight is 575 g/mol. The fraction of sp³-hybridized carbons (Fsp3) is 0.227. The van der Waals surface area contributed by atoms with Crippen LogP contribution in [0.5, 0.6) is 0 Å². The number of esters is 1. The van der Waals surface area contributed by atoms with Crippen LogP contribution in [0.15, 0.2) is 47.3 Å². The third kappa shape index (κ3) is 5.56. The molecule has 0 spiro atoms. The fourth-order valence-electron chi connectivity index (χ4n) is 3.40. The summed E-state index contributed by atoms with van der Waals surface area (Å²) in [7, 11) is 1.09. The Morgan fingerprint density at radius 2 is 1.82 bits per heavy atom. The second-order valence-electron chi connectivity index (χ2n) is 7.79. The molecule has 0 aliphatic rings. The Morgan fingerprint density at radius 1 is 1.13 bits per heavy atom. The van der Waals surface area contributed by atoms with Crippen molar-refractivity contribution in [3.05, 3.63) is 80.5 Å². The standard InChI is InChI=1S/C22H16Cl2F4N6O4/c1-38-20(36)19-29-17(30-34(19)15-7-6-13(25)8-14(15)24)10-33-21(37)32(9-16(35)22(26,27)28)18(31-33)11-2-4-12(23)5-3-11/h2-8,16,35H,9-10H2,1H3. The average Bonchev–Trinajstić information content (AvgIpc) is 3.40. The van der Waals surface area contributed by atoms with Gasteiger partial charge in [-0.25, -0.2) is 28.3 Å². The number of ether oxygens (including phenoxy) is 1. The van der Waals surface area contributed by atoms with Gasteiger partial charge in [0.2, 0.25) is 5.82 Å². The summed E-state index contributed by atoms with van der Waals surface area (Å²) in [6.07, 6.45) is -7.85. The lowest BCUT2D eigenvalue weighted by molar-refractivity contribution is -0.207. The number of nitrogens with zero attached hydrogens (tertiary/aromatic N) is 6. The van der Waals surface area contributed by atoms with Gasteiger partial charge in [0.1, 0.15) is 12.4 Å². The van der Waals surface area contributed by atoms with Gasteiger partial charge in [0, 0.05) is 10.6 Å². The van der Waals surface area contributed by atoms with Gasteiger partial charge >= 0.3 is 17.8 Å². The van der Waals surface area contributed by atoms with Crippen molar-refractivity contribution in [2.75, 3.05) is 7.11 Å². The summed E-state index contributed by atoms with van der Waals surface area (Å²) >= 11 is 12.0. The van der Waals surface area contributed by atoms with Crippen molar-refractivity contribution in [1.29, 1.82) is 0 Å². The van der Waals surface area contributed by atoms with Crippen molar-refractivity contribution >= 4 is 29.2 Å². The summed E-state index contributed by atoms with van der Waals surface area (Å²) in [5, 5.41) is 18.1. The first kappa shape index (κ1) is 27.3. The van der Waals surface area contributed by atoms with Crippen LogP contribution in [0.2, 0.25) is 10.0 Å². The molecule has 200 valence electrons. The Bertz CT molecular complexity index is 1550. The second-order valence-corrected chi connectivity index (χ2v) is 8.63. The van der Waals surface area contributed by atoms with Crippen LogP contribution >= 0.6 is 23.2 Å². The number of benzene rings is 2. The minimum absolute atomic E-state index is 0.0697. The third-order valence-corrected chi connectivity index (χ3v) is 5.76. The SMILES string of the molecule is COC(=O)c1nc(Cn2nc(-c3ccc(Cl)cc3)n(CC(O)C(F)(F)F)c2=O)nn1-c1ccc(F)cc1Cl. The molecule has 4 rings (SSSR count). The number of aromatic nitrogens is 6. The van der Waals surface area contributed by atoms with Gasteiger partial charge in [0.25, 0.3) is 0 Å². The molecule has 0 bridgehead atoms. The Labute approximate surface area is 220 Å². The van der Waals surface area contributed by atoms with Crippen LogP contribution in [-0.4, -0.2) is 59.6 Å². The highest BCUT2D eigenvalue weighted by molar-refractivity contribution is 6.32. The van der Waals surface area contributed by atoms with Crippen molar-refractivity contribution in [3.8, 4) is 17.1 Å². The molecule has 0 aliphatic carbocycles. The number of rotatable bonds is 7. The summed E-state index contributed by atoms with van der Waals surface area (Å²) in [5.74, 6) is -2.31. The van der Waals surface area contributed by atoms with Crippen molar-refractivity contribution < 1.29 is 32.2 Å². The maximum absolute atomic E-state index is 13.5. The number of carbonyl (C=O) groups excluding carboxylic acids is 1. The molecule has 1 unspecified atom stereocenters. The zero-order chi connectivity index (χ0) is 27.8. The summed E-state index contributed by atoms with van der Waals surface area (Å²) in [6, 6.07) is 9.05. The van der Waals surface area contributed by atoms with Gasteiger partial charge in [-0.1, -0.05) is 23.2 Å². The highest BCUT2D eigenvalue weighted by atomic mass is 35.5. The minimum Gasteiger partial charge on any atom is -0.463 e. The van der Waals surface area contributed by atoms with Gasteiger partial charge in [-0.15, -0.1) is 10.2 Å². The third-order valence-electron chi connectivity index (χ3n) is 5.21. The van der Waals surface area contributed by atoms with E-state index in [-0.39, 0.29) is 33.7 Å². The second kappa shape index (κ2) is 10.6. The Hall–Kier alpha value is -3.75. The molecule has 2 aromatic carbocycles. The number of methoxy groups -OCH3 is 1. The van der Waals surface area contributed by atoms with Gasteiger partial charge in [-0.2, -0.15) is 13.2 Å². The van der Waals surface area contributed by atoms with Gasteiger partial charge in [0.15, 0.2) is 17.8 Å². The minimum atomic E-state index is -5.00. The van der Waals surface area contributed by atoms with Crippen LogP contribution in [0.4, 0.5) is 17.6 Å². The number of aliphatic hydroxyl groups is 1. The molecule has 0 radical (unpaired) electrons.